The lowest BCUT2D eigenvalue weighted by atomic mass is 9.72. The Morgan fingerprint density at radius 3 is 2.63 bits per heavy atom. The van der Waals surface area contributed by atoms with Gasteiger partial charge in [-0.3, -0.25) is 19.7 Å². The molecule has 2 N–H and O–H groups in total. The van der Waals surface area contributed by atoms with Crippen molar-refractivity contribution in [2.24, 2.45) is 0 Å². The maximum atomic E-state index is 12.5. The lowest BCUT2D eigenvalue weighted by molar-refractivity contribution is -0.138. The van der Waals surface area contributed by atoms with Crippen LogP contribution >= 0.6 is 15.9 Å². The maximum absolute atomic E-state index is 12.5. The fourth-order valence-corrected chi connectivity index (χ4v) is 4.02. The molecule has 1 aliphatic rings. The molecule has 3 rings (SSSR count). The van der Waals surface area contributed by atoms with Crippen LogP contribution in [0.4, 0.5) is 5.69 Å². The molecule has 0 aromatic heterocycles. The Kier molecular flexibility index (Phi) is 7.26. The zero-order valence-corrected chi connectivity index (χ0v) is 18.5. The van der Waals surface area contributed by atoms with Crippen molar-refractivity contribution in [2.45, 2.75) is 44.4 Å². The Morgan fingerprint density at radius 2 is 1.97 bits per heavy atom. The number of carbonyl (C=O) groups excluding carboxylic acids is 3. The highest BCUT2D eigenvalue weighted by Crippen LogP contribution is 2.36. The van der Waals surface area contributed by atoms with E-state index in [2.05, 4.69) is 26.6 Å². The van der Waals surface area contributed by atoms with Crippen LogP contribution in [-0.4, -0.2) is 24.3 Å². The smallest absolute Gasteiger partial charge is 0.237 e. The molecular weight excluding hydrogens is 448 g/mol. The largest absolute Gasteiger partial charge is 0.494 e. The summed E-state index contributed by atoms with van der Waals surface area (Å²) < 4.78 is 6.59. The predicted molar refractivity (Wildman–Crippen MR) is 118 cm³/mol. The molecule has 1 unspecified atom stereocenters. The van der Waals surface area contributed by atoms with Crippen LogP contribution in [0.3, 0.4) is 0 Å². The maximum Gasteiger partial charge on any atom is 0.237 e. The number of rotatable bonds is 8. The van der Waals surface area contributed by atoms with Crippen molar-refractivity contribution in [2.75, 3.05) is 11.9 Å². The van der Waals surface area contributed by atoms with Gasteiger partial charge in [-0.2, -0.15) is 0 Å². The monoisotopic (exact) mass is 472 g/mol. The van der Waals surface area contributed by atoms with E-state index in [1.54, 1.807) is 12.1 Å². The molecule has 1 atom stereocenters. The molecule has 3 amide bonds. The highest BCUT2D eigenvalue weighted by molar-refractivity contribution is 9.10. The molecule has 30 heavy (non-hydrogen) atoms. The standard InChI is InChI=1S/C23H25BrN2O4/c1-2-23(13-12-21(28)26-22(23)29)16-8-10-18(11-9-16)25-20(27)7-4-14-30-19-6-3-5-17(24)15-19/h3,5-6,8-11,15H,2,4,7,12-14H2,1H3,(H,25,27)(H,26,28,29). The molecule has 0 bridgehead atoms. The van der Waals surface area contributed by atoms with E-state index in [-0.39, 0.29) is 17.7 Å². The molecule has 1 fully saturated rings. The van der Waals surface area contributed by atoms with Crippen LogP contribution in [0.5, 0.6) is 5.75 Å². The number of carbonyl (C=O) groups is 3. The topological polar surface area (TPSA) is 84.5 Å². The van der Waals surface area contributed by atoms with E-state index in [0.29, 0.717) is 44.4 Å². The van der Waals surface area contributed by atoms with Crippen molar-refractivity contribution in [3.8, 4) is 5.75 Å². The number of amides is 3. The van der Waals surface area contributed by atoms with Crippen LogP contribution in [0.2, 0.25) is 0 Å². The lowest BCUT2D eigenvalue weighted by Gasteiger charge is -2.35. The number of imide groups is 1. The van der Waals surface area contributed by atoms with Gasteiger partial charge in [0.2, 0.25) is 17.7 Å². The minimum Gasteiger partial charge on any atom is -0.494 e. The Labute approximate surface area is 184 Å². The number of hydrogen-bond acceptors (Lipinski definition) is 4. The average molecular weight is 473 g/mol. The van der Waals surface area contributed by atoms with Gasteiger partial charge in [-0.1, -0.05) is 41.1 Å². The summed E-state index contributed by atoms with van der Waals surface area (Å²) in [5.41, 5.74) is 0.839. The third-order valence-electron chi connectivity index (χ3n) is 5.40. The summed E-state index contributed by atoms with van der Waals surface area (Å²) in [5.74, 6) is 0.200. The molecule has 1 heterocycles. The highest BCUT2D eigenvalue weighted by atomic mass is 79.9. The second-order valence-electron chi connectivity index (χ2n) is 7.35. The highest BCUT2D eigenvalue weighted by Gasteiger charge is 2.42. The first-order chi connectivity index (χ1) is 14.4. The van der Waals surface area contributed by atoms with E-state index in [1.165, 1.54) is 0 Å². The van der Waals surface area contributed by atoms with Crippen LogP contribution in [-0.2, 0) is 19.8 Å². The van der Waals surface area contributed by atoms with Crippen LogP contribution in [0, 0.1) is 0 Å². The van der Waals surface area contributed by atoms with Crippen molar-refractivity contribution in [3.63, 3.8) is 0 Å². The van der Waals surface area contributed by atoms with Crippen molar-refractivity contribution in [1.82, 2.24) is 5.32 Å². The van der Waals surface area contributed by atoms with Crippen molar-refractivity contribution in [3.05, 3.63) is 58.6 Å². The molecule has 7 heteroatoms. The van der Waals surface area contributed by atoms with Gasteiger partial charge >= 0.3 is 0 Å². The number of hydrogen-bond donors (Lipinski definition) is 2. The zero-order chi connectivity index (χ0) is 21.6. The average Bonchev–Trinajstić information content (AvgIpc) is 2.73. The number of benzene rings is 2. The Morgan fingerprint density at radius 1 is 1.20 bits per heavy atom. The van der Waals surface area contributed by atoms with E-state index in [4.69, 9.17) is 4.74 Å². The molecule has 158 valence electrons. The number of anilines is 1. The molecular formula is C23H25BrN2O4. The molecule has 0 radical (unpaired) electrons. The number of piperidine rings is 1. The second-order valence-corrected chi connectivity index (χ2v) is 8.26. The van der Waals surface area contributed by atoms with Crippen LogP contribution < -0.4 is 15.4 Å². The van der Waals surface area contributed by atoms with Crippen LogP contribution in [0.1, 0.15) is 44.6 Å². The number of ether oxygens (including phenoxy) is 1. The van der Waals surface area contributed by atoms with Crippen molar-refractivity contribution >= 4 is 39.3 Å². The molecule has 2 aromatic rings. The van der Waals surface area contributed by atoms with E-state index >= 15 is 0 Å². The SMILES string of the molecule is CCC1(c2ccc(NC(=O)CCCOc3cccc(Br)c3)cc2)CCC(=O)NC1=O. The second kappa shape index (κ2) is 9.89. The van der Waals surface area contributed by atoms with Gasteiger partial charge in [0.1, 0.15) is 5.75 Å². The molecule has 1 saturated heterocycles. The summed E-state index contributed by atoms with van der Waals surface area (Å²) in [6, 6.07) is 14.9. The van der Waals surface area contributed by atoms with Crippen LogP contribution in [0.15, 0.2) is 53.0 Å². The first kappa shape index (κ1) is 22.0. The normalized spacial score (nSPS) is 18.6. The first-order valence-electron chi connectivity index (χ1n) is 10.1. The molecule has 0 aliphatic carbocycles. The van der Waals surface area contributed by atoms with Gasteiger partial charge in [-0.15, -0.1) is 0 Å². The molecule has 2 aromatic carbocycles. The van der Waals surface area contributed by atoms with Gasteiger partial charge < -0.3 is 10.1 Å². The van der Waals surface area contributed by atoms with Gasteiger partial charge in [0, 0.05) is 23.0 Å². The quantitative estimate of drug-likeness (QED) is 0.442. The minimum absolute atomic E-state index is 0.0909. The molecule has 1 aliphatic heterocycles. The van der Waals surface area contributed by atoms with Gasteiger partial charge in [0.25, 0.3) is 0 Å². The summed E-state index contributed by atoms with van der Waals surface area (Å²) in [6.45, 7) is 2.40. The van der Waals surface area contributed by atoms with Crippen LogP contribution in [0.25, 0.3) is 0 Å². The molecule has 6 nitrogen and oxygen atoms in total. The van der Waals surface area contributed by atoms with E-state index in [1.807, 2.05) is 43.3 Å². The van der Waals surface area contributed by atoms with Gasteiger partial charge in [0.15, 0.2) is 0 Å². The summed E-state index contributed by atoms with van der Waals surface area (Å²) >= 11 is 3.39. The van der Waals surface area contributed by atoms with E-state index in [0.717, 1.165) is 15.8 Å². The summed E-state index contributed by atoms with van der Waals surface area (Å²) in [7, 11) is 0. The van der Waals surface area contributed by atoms with E-state index < -0.39 is 5.41 Å². The fraction of sp³-hybridized carbons (Fsp3) is 0.348. The number of nitrogens with one attached hydrogen (secondary N) is 2. The van der Waals surface area contributed by atoms with Gasteiger partial charge in [-0.05, 0) is 55.2 Å². The Hall–Kier alpha value is -2.67. The molecule has 0 spiro atoms. The van der Waals surface area contributed by atoms with Gasteiger partial charge in [0.05, 0.1) is 12.0 Å². The predicted octanol–water partition coefficient (Wildman–Crippen LogP) is 4.33. The first-order valence-corrected chi connectivity index (χ1v) is 10.9. The fourth-order valence-electron chi connectivity index (χ4n) is 3.64. The summed E-state index contributed by atoms with van der Waals surface area (Å²) in [5, 5.41) is 5.32. The van der Waals surface area contributed by atoms with Crippen molar-refractivity contribution in [1.29, 1.82) is 0 Å². The zero-order valence-electron chi connectivity index (χ0n) is 16.9. The Balaban J connectivity index is 1.50. The molecule has 0 saturated carbocycles. The van der Waals surface area contributed by atoms with Gasteiger partial charge in [-0.25, -0.2) is 0 Å². The third kappa shape index (κ3) is 5.27. The minimum atomic E-state index is -0.694. The third-order valence-corrected chi connectivity index (χ3v) is 5.90. The Bertz CT molecular complexity index is 929. The summed E-state index contributed by atoms with van der Waals surface area (Å²) in [6.07, 6.45) is 2.39. The van der Waals surface area contributed by atoms with Crippen molar-refractivity contribution < 1.29 is 19.1 Å². The number of halogens is 1. The summed E-state index contributed by atoms with van der Waals surface area (Å²) in [4.78, 5) is 36.2. The van der Waals surface area contributed by atoms with E-state index in [9.17, 15) is 14.4 Å². The lowest BCUT2D eigenvalue weighted by Crippen LogP contribution is -2.51.